The lowest BCUT2D eigenvalue weighted by Gasteiger charge is -2.22. The summed E-state index contributed by atoms with van der Waals surface area (Å²) in [6.45, 7) is 9.02. The summed E-state index contributed by atoms with van der Waals surface area (Å²) in [7, 11) is 1.62. The van der Waals surface area contributed by atoms with Gasteiger partial charge in [-0.15, -0.1) is 0 Å². The van der Waals surface area contributed by atoms with Crippen LogP contribution in [0.15, 0.2) is 54.6 Å². The number of hydrogen-bond acceptors (Lipinski definition) is 4. The first-order chi connectivity index (χ1) is 17.1. The van der Waals surface area contributed by atoms with E-state index in [1.165, 1.54) is 0 Å². The molecular weight excluding hydrogens is 476 g/mol. The molecule has 0 aliphatic rings. The van der Waals surface area contributed by atoms with Gasteiger partial charge < -0.3 is 15.0 Å². The smallest absolute Gasteiger partial charge is 0.254 e. The number of para-hydroxylation sites is 1. The Bertz CT molecular complexity index is 1180. The average molecular weight is 511 g/mol. The molecule has 0 atom stereocenters. The topological polar surface area (TPSA) is 76.5 Å². The Morgan fingerprint density at radius 3 is 2.42 bits per heavy atom. The number of benzene rings is 2. The van der Waals surface area contributed by atoms with Crippen LogP contribution in [0.2, 0.25) is 5.02 Å². The van der Waals surface area contributed by atoms with E-state index in [1.807, 2.05) is 48.5 Å². The molecule has 36 heavy (non-hydrogen) atoms. The van der Waals surface area contributed by atoms with E-state index in [0.29, 0.717) is 41.7 Å². The number of hydrogen-bond donors (Lipinski definition) is 1. The molecule has 0 fully saturated rings. The van der Waals surface area contributed by atoms with Crippen LogP contribution in [-0.2, 0) is 21.4 Å². The fourth-order valence-corrected chi connectivity index (χ4v) is 3.93. The number of ether oxygens (including phenoxy) is 1. The van der Waals surface area contributed by atoms with Crippen molar-refractivity contribution in [1.82, 2.24) is 14.7 Å². The molecule has 192 valence electrons. The molecule has 0 bridgehead atoms. The van der Waals surface area contributed by atoms with Crippen LogP contribution in [0.4, 0.5) is 5.82 Å². The Labute approximate surface area is 218 Å². The van der Waals surface area contributed by atoms with Crippen LogP contribution in [0.25, 0.3) is 5.69 Å². The molecule has 1 aromatic heterocycles. The zero-order chi connectivity index (χ0) is 26.3. The van der Waals surface area contributed by atoms with Gasteiger partial charge in [-0.05, 0) is 42.7 Å². The summed E-state index contributed by atoms with van der Waals surface area (Å²) in [5.74, 6) is -0.0203. The molecule has 3 rings (SSSR count). The van der Waals surface area contributed by atoms with Gasteiger partial charge in [0.25, 0.3) is 5.91 Å². The molecule has 0 unspecified atom stereocenters. The number of halogens is 1. The van der Waals surface area contributed by atoms with Gasteiger partial charge in [-0.3, -0.25) is 9.59 Å². The largest absolute Gasteiger partial charge is 0.385 e. The van der Waals surface area contributed by atoms with E-state index in [9.17, 15) is 9.59 Å². The number of nitrogens with one attached hydrogen (secondary N) is 1. The summed E-state index contributed by atoms with van der Waals surface area (Å²) < 4.78 is 6.80. The van der Waals surface area contributed by atoms with Crippen LogP contribution in [0, 0.1) is 0 Å². The van der Waals surface area contributed by atoms with Crippen molar-refractivity contribution in [1.29, 1.82) is 0 Å². The highest BCUT2D eigenvalue weighted by Crippen LogP contribution is 2.29. The van der Waals surface area contributed by atoms with E-state index in [1.54, 1.807) is 22.8 Å². The third-order valence-electron chi connectivity index (χ3n) is 5.83. The summed E-state index contributed by atoms with van der Waals surface area (Å²) in [6, 6.07) is 16.7. The number of aryl methyl sites for hydroxylation is 1. The van der Waals surface area contributed by atoms with E-state index in [0.717, 1.165) is 17.7 Å². The molecule has 2 amide bonds. The molecule has 0 spiro atoms. The first-order valence-electron chi connectivity index (χ1n) is 12.2. The fraction of sp³-hybridized carbons (Fsp3) is 0.393. The van der Waals surface area contributed by atoms with E-state index >= 15 is 0 Å². The second-order valence-electron chi connectivity index (χ2n) is 9.70. The molecule has 0 saturated heterocycles. The Balaban J connectivity index is 1.85. The van der Waals surface area contributed by atoms with Gasteiger partial charge in [0.1, 0.15) is 12.4 Å². The fourth-order valence-electron chi connectivity index (χ4n) is 3.72. The van der Waals surface area contributed by atoms with Gasteiger partial charge in [0.2, 0.25) is 5.91 Å². The lowest BCUT2D eigenvalue weighted by molar-refractivity contribution is -0.117. The molecule has 3 aromatic rings. The molecule has 1 N–H and O–H groups in total. The van der Waals surface area contributed by atoms with Crippen molar-refractivity contribution in [3.8, 4) is 5.69 Å². The number of rotatable bonds is 10. The molecule has 1 heterocycles. The van der Waals surface area contributed by atoms with Gasteiger partial charge in [-0.25, -0.2) is 4.68 Å². The second-order valence-corrected chi connectivity index (χ2v) is 10.1. The number of aromatic nitrogens is 2. The third kappa shape index (κ3) is 6.95. The van der Waals surface area contributed by atoms with E-state index in [4.69, 9.17) is 21.4 Å². The maximum Gasteiger partial charge on any atom is 0.254 e. The molecule has 0 radical (unpaired) electrons. The van der Waals surface area contributed by atoms with Crippen molar-refractivity contribution < 1.29 is 14.3 Å². The lowest BCUT2D eigenvalue weighted by Crippen LogP contribution is -2.39. The summed E-state index contributed by atoms with van der Waals surface area (Å²) in [5, 5.41) is 8.19. The molecule has 0 saturated carbocycles. The number of anilines is 1. The van der Waals surface area contributed by atoms with Crippen molar-refractivity contribution in [2.45, 2.75) is 46.0 Å². The van der Waals surface area contributed by atoms with Crippen molar-refractivity contribution in [2.75, 3.05) is 32.1 Å². The molecule has 2 aromatic carbocycles. The zero-order valence-corrected chi connectivity index (χ0v) is 22.4. The first-order valence-corrected chi connectivity index (χ1v) is 12.5. The highest BCUT2D eigenvalue weighted by atomic mass is 35.5. The predicted molar refractivity (Wildman–Crippen MR) is 144 cm³/mol. The summed E-state index contributed by atoms with van der Waals surface area (Å²) in [6.07, 6.45) is 1.51. The van der Waals surface area contributed by atoms with Crippen LogP contribution in [0.1, 0.15) is 55.7 Å². The van der Waals surface area contributed by atoms with Crippen molar-refractivity contribution in [3.63, 3.8) is 0 Å². The maximum atomic E-state index is 13.3. The van der Waals surface area contributed by atoms with E-state index in [-0.39, 0.29) is 23.8 Å². The maximum absolute atomic E-state index is 13.3. The number of methoxy groups -OCH3 is 1. The van der Waals surface area contributed by atoms with Gasteiger partial charge in [0.15, 0.2) is 0 Å². The Morgan fingerprint density at radius 1 is 1.11 bits per heavy atom. The minimum Gasteiger partial charge on any atom is -0.385 e. The predicted octanol–water partition coefficient (Wildman–Crippen LogP) is 5.50. The SMILES string of the molecule is CCc1ccc(C(=O)N(CCCOC)CC(=O)Nc2cc(C(C)(C)C)nn2-c2ccccc2Cl)cc1. The normalized spacial score (nSPS) is 11.4. The molecular formula is C28H35ClN4O3. The van der Waals surface area contributed by atoms with Gasteiger partial charge in [0.05, 0.1) is 16.4 Å². The lowest BCUT2D eigenvalue weighted by atomic mass is 9.92. The zero-order valence-electron chi connectivity index (χ0n) is 21.7. The van der Waals surface area contributed by atoms with E-state index < -0.39 is 0 Å². The Morgan fingerprint density at radius 2 is 1.81 bits per heavy atom. The quantitative estimate of drug-likeness (QED) is 0.365. The van der Waals surface area contributed by atoms with Gasteiger partial charge in [-0.2, -0.15) is 5.10 Å². The Kier molecular flexibility index (Phi) is 9.29. The van der Waals surface area contributed by atoms with Gasteiger partial charge in [-0.1, -0.05) is 63.6 Å². The number of carbonyl (C=O) groups is 2. The van der Waals surface area contributed by atoms with Crippen molar-refractivity contribution in [2.24, 2.45) is 0 Å². The average Bonchev–Trinajstić information content (AvgIpc) is 3.27. The van der Waals surface area contributed by atoms with Crippen LogP contribution >= 0.6 is 11.6 Å². The number of amides is 2. The van der Waals surface area contributed by atoms with Crippen LogP contribution < -0.4 is 5.32 Å². The molecule has 7 nitrogen and oxygen atoms in total. The molecule has 8 heteroatoms. The molecule has 0 aliphatic carbocycles. The van der Waals surface area contributed by atoms with Crippen LogP contribution in [0.5, 0.6) is 0 Å². The van der Waals surface area contributed by atoms with Crippen LogP contribution in [0.3, 0.4) is 0 Å². The third-order valence-corrected chi connectivity index (χ3v) is 6.15. The second kappa shape index (κ2) is 12.2. The summed E-state index contributed by atoms with van der Waals surface area (Å²) in [5.41, 5.74) is 2.93. The van der Waals surface area contributed by atoms with Crippen molar-refractivity contribution in [3.05, 3.63) is 76.4 Å². The Hall–Kier alpha value is -3.16. The van der Waals surface area contributed by atoms with E-state index in [2.05, 4.69) is 33.0 Å². The summed E-state index contributed by atoms with van der Waals surface area (Å²) >= 11 is 6.44. The minimum absolute atomic E-state index is 0.101. The highest BCUT2D eigenvalue weighted by molar-refractivity contribution is 6.32. The monoisotopic (exact) mass is 510 g/mol. The standard InChI is InChI=1S/C28H35ClN4O3/c1-6-20-12-14-21(15-13-20)27(35)32(16-9-17-36-5)19-26(34)30-25-18-24(28(2,3)4)31-33(25)23-11-8-7-10-22(23)29/h7-8,10-15,18H,6,9,16-17,19H2,1-5H3,(H,30,34). The van der Waals surface area contributed by atoms with Gasteiger partial charge >= 0.3 is 0 Å². The van der Waals surface area contributed by atoms with Crippen molar-refractivity contribution >= 4 is 29.2 Å². The number of carbonyl (C=O) groups excluding carboxylic acids is 2. The van der Waals surface area contributed by atoms with Crippen LogP contribution in [-0.4, -0.2) is 53.3 Å². The molecule has 0 aliphatic heterocycles. The first kappa shape index (κ1) is 27.4. The highest BCUT2D eigenvalue weighted by Gasteiger charge is 2.24. The summed E-state index contributed by atoms with van der Waals surface area (Å²) in [4.78, 5) is 28.0. The minimum atomic E-state index is -0.320. The van der Waals surface area contributed by atoms with Gasteiger partial charge in [0, 0.05) is 37.3 Å². The number of nitrogens with zero attached hydrogens (tertiary/aromatic N) is 3.